The van der Waals surface area contributed by atoms with Gasteiger partial charge in [-0.25, -0.2) is 0 Å². The zero-order valence-electron chi connectivity index (χ0n) is 8.99. The highest BCUT2D eigenvalue weighted by Crippen LogP contribution is 1.99. The van der Waals surface area contributed by atoms with Crippen molar-refractivity contribution in [3.05, 3.63) is 0 Å². The average molecular weight is 246 g/mol. The molecular formula is C10H18N2OS2. The van der Waals surface area contributed by atoms with Gasteiger partial charge in [0.1, 0.15) is 0 Å². The summed E-state index contributed by atoms with van der Waals surface area (Å²) in [6.45, 7) is 0.637. The Morgan fingerprint density at radius 1 is 1.60 bits per heavy atom. The SMILES string of the molecule is C#CCSCCNC(=O)[C@@H](N)CCSC. The minimum absolute atomic E-state index is 0.0645. The van der Waals surface area contributed by atoms with Crippen LogP contribution in [0.15, 0.2) is 0 Å². The number of hydrogen-bond donors (Lipinski definition) is 2. The minimum atomic E-state index is -0.380. The molecule has 5 heteroatoms. The molecule has 0 spiro atoms. The van der Waals surface area contributed by atoms with E-state index in [-0.39, 0.29) is 11.9 Å². The molecule has 0 aliphatic carbocycles. The molecule has 15 heavy (non-hydrogen) atoms. The van der Waals surface area contributed by atoms with Crippen molar-refractivity contribution in [2.75, 3.05) is 30.1 Å². The molecule has 0 heterocycles. The third-order valence-electron chi connectivity index (χ3n) is 1.70. The van der Waals surface area contributed by atoms with Gasteiger partial charge in [-0.15, -0.1) is 18.2 Å². The molecule has 0 aromatic rings. The Bertz CT molecular complexity index is 216. The zero-order valence-corrected chi connectivity index (χ0v) is 10.6. The summed E-state index contributed by atoms with van der Waals surface area (Å²) in [7, 11) is 0. The van der Waals surface area contributed by atoms with Crippen LogP contribution < -0.4 is 11.1 Å². The number of nitrogens with two attached hydrogens (primary N) is 1. The fraction of sp³-hybridized carbons (Fsp3) is 0.700. The summed E-state index contributed by atoms with van der Waals surface area (Å²) in [6.07, 6.45) is 7.82. The van der Waals surface area contributed by atoms with E-state index in [0.29, 0.717) is 12.3 Å². The molecule has 0 aromatic heterocycles. The van der Waals surface area contributed by atoms with Crippen molar-refractivity contribution in [1.29, 1.82) is 0 Å². The van der Waals surface area contributed by atoms with Crippen LogP contribution >= 0.6 is 23.5 Å². The zero-order chi connectivity index (χ0) is 11.5. The maximum atomic E-state index is 11.4. The molecule has 0 aliphatic heterocycles. The lowest BCUT2D eigenvalue weighted by molar-refractivity contribution is -0.122. The van der Waals surface area contributed by atoms with Crippen molar-refractivity contribution in [3.8, 4) is 12.3 Å². The fourth-order valence-electron chi connectivity index (χ4n) is 0.885. The van der Waals surface area contributed by atoms with Crippen LogP contribution in [-0.4, -0.2) is 42.0 Å². The fourth-order valence-corrected chi connectivity index (χ4v) is 1.88. The first kappa shape index (κ1) is 14.7. The Hall–Kier alpha value is -0.310. The maximum absolute atomic E-state index is 11.4. The molecule has 0 aromatic carbocycles. The smallest absolute Gasteiger partial charge is 0.236 e. The molecule has 3 nitrogen and oxygen atoms in total. The van der Waals surface area contributed by atoms with Crippen LogP contribution in [0.4, 0.5) is 0 Å². The van der Waals surface area contributed by atoms with Crippen LogP contribution in [0.1, 0.15) is 6.42 Å². The number of amides is 1. The van der Waals surface area contributed by atoms with Crippen molar-refractivity contribution in [1.82, 2.24) is 5.32 Å². The van der Waals surface area contributed by atoms with Gasteiger partial charge in [-0.3, -0.25) is 4.79 Å². The van der Waals surface area contributed by atoms with Gasteiger partial charge in [-0.2, -0.15) is 11.8 Å². The monoisotopic (exact) mass is 246 g/mol. The average Bonchev–Trinajstić information content (AvgIpc) is 2.25. The number of thioether (sulfide) groups is 2. The summed E-state index contributed by atoms with van der Waals surface area (Å²) >= 11 is 3.33. The Kier molecular flexibility index (Phi) is 10.0. The number of nitrogens with one attached hydrogen (secondary N) is 1. The first-order chi connectivity index (χ1) is 7.22. The van der Waals surface area contributed by atoms with Gasteiger partial charge in [-0.05, 0) is 18.4 Å². The molecule has 0 saturated carbocycles. The number of carbonyl (C=O) groups is 1. The second kappa shape index (κ2) is 10.2. The van der Waals surface area contributed by atoms with Gasteiger partial charge >= 0.3 is 0 Å². The maximum Gasteiger partial charge on any atom is 0.236 e. The normalized spacial score (nSPS) is 11.8. The van der Waals surface area contributed by atoms with E-state index in [0.717, 1.165) is 17.9 Å². The minimum Gasteiger partial charge on any atom is -0.354 e. The molecule has 0 rings (SSSR count). The van der Waals surface area contributed by atoms with E-state index in [1.807, 2.05) is 6.26 Å². The Balaban J connectivity index is 3.43. The molecule has 1 atom stereocenters. The van der Waals surface area contributed by atoms with Gasteiger partial charge in [0.05, 0.1) is 11.8 Å². The first-order valence-electron chi connectivity index (χ1n) is 4.75. The highest BCUT2D eigenvalue weighted by atomic mass is 32.2. The van der Waals surface area contributed by atoms with E-state index >= 15 is 0 Å². The van der Waals surface area contributed by atoms with E-state index in [1.54, 1.807) is 23.5 Å². The van der Waals surface area contributed by atoms with Gasteiger partial charge in [0.15, 0.2) is 0 Å². The van der Waals surface area contributed by atoms with E-state index < -0.39 is 0 Å². The summed E-state index contributed by atoms with van der Waals surface area (Å²) in [4.78, 5) is 11.4. The molecular weight excluding hydrogens is 228 g/mol. The predicted molar refractivity (Wildman–Crippen MR) is 70.1 cm³/mol. The van der Waals surface area contributed by atoms with E-state index in [9.17, 15) is 4.79 Å². The van der Waals surface area contributed by atoms with Gasteiger partial charge < -0.3 is 11.1 Å². The molecule has 0 saturated heterocycles. The highest BCUT2D eigenvalue weighted by Gasteiger charge is 2.11. The van der Waals surface area contributed by atoms with Crippen LogP contribution in [0.3, 0.4) is 0 Å². The number of hydrogen-bond acceptors (Lipinski definition) is 4. The highest BCUT2D eigenvalue weighted by molar-refractivity contribution is 7.99. The molecule has 0 bridgehead atoms. The summed E-state index contributed by atoms with van der Waals surface area (Å²) in [5, 5.41) is 2.79. The predicted octanol–water partition coefficient (Wildman–Crippen LogP) is 0.549. The lowest BCUT2D eigenvalue weighted by Gasteiger charge is -2.10. The number of rotatable bonds is 8. The molecule has 1 amide bonds. The van der Waals surface area contributed by atoms with Gasteiger partial charge in [0, 0.05) is 12.3 Å². The Morgan fingerprint density at radius 2 is 2.33 bits per heavy atom. The van der Waals surface area contributed by atoms with Crippen molar-refractivity contribution in [3.63, 3.8) is 0 Å². The number of terminal acetylenes is 1. The van der Waals surface area contributed by atoms with E-state index in [1.165, 1.54) is 0 Å². The molecule has 3 N–H and O–H groups in total. The van der Waals surface area contributed by atoms with Gasteiger partial charge in [-0.1, -0.05) is 5.92 Å². The Morgan fingerprint density at radius 3 is 2.93 bits per heavy atom. The molecule has 0 fully saturated rings. The van der Waals surface area contributed by atoms with E-state index in [2.05, 4.69) is 11.2 Å². The van der Waals surface area contributed by atoms with Crippen molar-refractivity contribution >= 4 is 29.4 Å². The van der Waals surface area contributed by atoms with Gasteiger partial charge in [0.2, 0.25) is 5.91 Å². The van der Waals surface area contributed by atoms with Crippen LogP contribution in [0.2, 0.25) is 0 Å². The van der Waals surface area contributed by atoms with Crippen molar-refractivity contribution in [2.24, 2.45) is 5.73 Å². The largest absolute Gasteiger partial charge is 0.354 e. The second-order valence-electron chi connectivity index (χ2n) is 2.94. The topological polar surface area (TPSA) is 55.1 Å². The summed E-state index contributed by atoms with van der Waals surface area (Å²) in [5.41, 5.74) is 5.68. The Labute approximate surface area is 100 Å². The molecule has 0 aliphatic rings. The first-order valence-corrected chi connectivity index (χ1v) is 7.30. The third-order valence-corrected chi connectivity index (χ3v) is 3.21. The molecule has 0 radical (unpaired) electrons. The van der Waals surface area contributed by atoms with E-state index in [4.69, 9.17) is 12.2 Å². The standard InChI is InChI=1S/C10H18N2OS2/c1-3-6-15-8-5-12-10(13)9(11)4-7-14-2/h1,9H,4-8,11H2,2H3,(H,12,13)/t9-/m0/s1. The van der Waals surface area contributed by atoms with Crippen LogP contribution in [0.25, 0.3) is 0 Å². The van der Waals surface area contributed by atoms with Gasteiger partial charge in [0.25, 0.3) is 0 Å². The van der Waals surface area contributed by atoms with Crippen LogP contribution in [0.5, 0.6) is 0 Å². The third kappa shape index (κ3) is 8.67. The van der Waals surface area contributed by atoms with Crippen molar-refractivity contribution in [2.45, 2.75) is 12.5 Å². The lowest BCUT2D eigenvalue weighted by atomic mass is 10.2. The van der Waals surface area contributed by atoms with Crippen LogP contribution in [-0.2, 0) is 4.79 Å². The van der Waals surface area contributed by atoms with Crippen molar-refractivity contribution < 1.29 is 4.79 Å². The molecule has 86 valence electrons. The van der Waals surface area contributed by atoms with Crippen LogP contribution in [0, 0.1) is 12.3 Å². The summed E-state index contributed by atoms with van der Waals surface area (Å²) < 4.78 is 0. The summed E-state index contributed by atoms with van der Waals surface area (Å²) in [5.74, 6) is 4.91. The molecule has 0 unspecified atom stereocenters. The number of carbonyl (C=O) groups excluding carboxylic acids is 1. The lowest BCUT2D eigenvalue weighted by Crippen LogP contribution is -2.41. The second-order valence-corrected chi connectivity index (χ2v) is 5.03. The summed E-state index contributed by atoms with van der Waals surface area (Å²) in [6, 6.07) is -0.380. The quantitative estimate of drug-likeness (QED) is 0.485.